The molecular formula is C10H13BrClNO. The van der Waals surface area contributed by atoms with Crippen LogP contribution in [0.5, 0.6) is 0 Å². The van der Waals surface area contributed by atoms with Crippen molar-refractivity contribution >= 4 is 27.5 Å². The molecular weight excluding hydrogens is 265 g/mol. The third-order valence-corrected chi connectivity index (χ3v) is 3.41. The van der Waals surface area contributed by atoms with Crippen molar-refractivity contribution in [1.82, 2.24) is 0 Å². The Morgan fingerprint density at radius 3 is 2.71 bits per heavy atom. The summed E-state index contributed by atoms with van der Waals surface area (Å²) >= 11 is 9.16. The van der Waals surface area contributed by atoms with Gasteiger partial charge >= 0.3 is 0 Å². The van der Waals surface area contributed by atoms with Crippen LogP contribution in [-0.4, -0.2) is 11.7 Å². The molecule has 4 heteroatoms. The Hall–Kier alpha value is -0.0900. The summed E-state index contributed by atoms with van der Waals surface area (Å²) in [4.78, 5) is 0. The molecule has 0 saturated carbocycles. The Bertz CT molecular complexity index is 319. The van der Waals surface area contributed by atoms with Gasteiger partial charge in [-0.25, -0.2) is 0 Å². The minimum absolute atomic E-state index is 0.0445. The summed E-state index contributed by atoms with van der Waals surface area (Å²) < 4.78 is 0.792. The van der Waals surface area contributed by atoms with Gasteiger partial charge in [-0.05, 0) is 46.1 Å². The quantitative estimate of drug-likeness (QED) is 0.893. The molecule has 1 aromatic carbocycles. The first-order chi connectivity index (χ1) is 6.56. The number of aliphatic hydroxyl groups is 1. The van der Waals surface area contributed by atoms with Crippen molar-refractivity contribution in [3.63, 3.8) is 0 Å². The number of halogens is 2. The molecule has 78 valence electrons. The topological polar surface area (TPSA) is 46.2 Å². The highest BCUT2D eigenvalue weighted by atomic mass is 79.9. The van der Waals surface area contributed by atoms with E-state index in [9.17, 15) is 5.11 Å². The largest absolute Gasteiger partial charge is 0.388 e. The zero-order chi connectivity index (χ0) is 10.7. The molecule has 3 N–H and O–H groups in total. The highest BCUT2D eigenvalue weighted by Crippen LogP contribution is 2.28. The van der Waals surface area contributed by atoms with E-state index >= 15 is 0 Å². The molecule has 2 nitrogen and oxygen atoms in total. The predicted molar refractivity (Wildman–Crippen MR) is 62.3 cm³/mol. The Kier molecular flexibility index (Phi) is 4.38. The van der Waals surface area contributed by atoms with E-state index < -0.39 is 6.10 Å². The number of hydrogen-bond acceptors (Lipinski definition) is 2. The predicted octanol–water partition coefficient (Wildman–Crippen LogP) is 2.73. The van der Waals surface area contributed by atoms with Gasteiger partial charge in [0.25, 0.3) is 0 Å². The third kappa shape index (κ3) is 2.70. The fourth-order valence-corrected chi connectivity index (χ4v) is 1.67. The molecule has 0 saturated heterocycles. The number of hydrogen-bond donors (Lipinski definition) is 2. The van der Waals surface area contributed by atoms with E-state index in [0.29, 0.717) is 11.6 Å². The first-order valence-corrected chi connectivity index (χ1v) is 5.56. The van der Waals surface area contributed by atoms with Gasteiger partial charge < -0.3 is 10.8 Å². The van der Waals surface area contributed by atoms with Gasteiger partial charge in [-0.2, -0.15) is 0 Å². The number of benzene rings is 1. The minimum atomic E-state index is -0.534. The van der Waals surface area contributed by atoms with E-state index in [4.69, 9.17) is 17.3 Å². The zero-order valence-electron chi connectivity index (χ0n) is 7.87. The van der Waals surface area contributed by atoms with E-state index in [-0.39, 0.29) is 5.92 Å². The smallest absolute Gasteiger partial charge is 0.0828 e. The number of rotatable bonds is 3. The van der Waals surface area contributed by atoms with E-state index in [1.165, 1.54) is 0 Å². The van der Waals surface area contributed by atoms with Crippen molar-refractivity contribution in [3.8, 4) is 0 Å². The summed E-state index contributed by atoms with van der Waals surface area (Å²) in [6, 6.07) is 5.39. The van der Waals surface area contributed by atoms with Crippen LogP contribution in [0.15, 0.2) is 22.7 Å². The van der Waals surface area contributed by atoms with Gasteiger partial charge in [0.15, 0.2) is 0 Å². The van der Waals surface area contributed by atoms with E-state index in [1.807, 2.05) is 19.1 Å². The van der Waals surface area contributed by atoms with Crippen molar-refractivity contribution in [2.24, 2.45) is 11.7 Å². The first kappa shape index (κ1) is 12.0. The fourth-order valence-electron chi connectivity index (χ4n) is 1.15. The van der Waals surface area contributed by atoms with Gasteiger partial charge in [0, 0.05) is 4.47 Å². The molecule has 0 heterocycles. The molecule has 1 aromatic rings. The molecule has 0 aliphatic rings. The highest BCUT2D eigenvalue weighted by Gasteiger charge is 2.15. The summed E-state index contributed by atoms with van der Waals surface area (Å²) in [6.07, 6.45) is -0.534. The van der Waals surface area contributed by atoms with Crippen LogP contribution in [0.3, 0.4) is 0 Å². The van der Waals surface area contributed by atoms with Crippen LogP contribution in [0.2, 0.25) is 5.02 Å². The Balaban J connectivity index is 2.91. The lowest BCUT2D eigenvalue weighted by molar-refractivity contribution is 0.121. The lowest BCUT2D eigenvalue weighted by Gasteiger charge is -2.17. The standard InChI is InChI=1S/C10H13BrClNO/c1-6(5-13)10(14)7-2-3-9(12)8(11)4-7/h2-4,6,10,14H,5,13H2,1H3. The lowest BCUT2D eigenvalue weighted by Crippen LogP contribution is -2.18. The monoisotopic (exact) mass is 277 g/mol. The molecule has 0 bridgehead atoms. The van der Waals surface area contributed by atoms with E-state index in [1.54, 1.807) is 6.07 Å². The van der Waals surface area contributed by atoms with Crippen LogP contribution in [0.1, 0.15) is 18.6 Å². The molecule has 1 rings (SSSR count). The molecule has 0 aromatic heterocycles. The van der Waals surface area contributed by atoms with Crippen molar-refractivity contribution in [2.45, 2.75) is 13.0 Å². The molecule has 0 spiro atoms. The number of nitrogens with two attached hydrogens (primary N) is 1. The first-order valence-electron chi connectivity index (χ1n) is 4.39. The molecule has 0 amide bonds. The molecule has 0 radical (unpaired) electrons. The molecule has 2 atom stereocenters. The lowest BCUT2D eigenvalue weighted by atomic mass is 9.98. The molecule has 2 unspecified atom stereocenters. The normalized spacial score (nSPS) is 15.2. The maximum Gasteiger partial charge on any atom is 0.0828 e. The third-order valence-electron chi connectivity index (χ3n) is 2.20. The molecule has 0 aliphatic heterocycles. The average Bonchev–Trinajstić information content (AvgIpc) is 2.20. The van der Waals surface area contributed by atoms with Gasteiger partial charge in [0.2, 0.25) is 0 Å². The van der Waals surface area contributed by atoms with Crippen molar-refractivity contribution in [1.29, 1.82) is 0 Å². The van der Waals surface area contributed by atoms with Crippen LogP contribution in [-0.2, 0) is 0 Å². The fraction of sp³-hybridized carbons (Fsp3) is 0.400. The molecule has 0 aliphatic carbocycles. The second-order valence-electron chi connectivity index (χ2n) is 3.33. The Morgan fingerprint density at radius 1 is 1.57 bits per heavy atom. The van der Waals surface area contributed by atoms with Gasteiger partial charge in [-0.3, -0.25) is 0 Å². The van der Waals surface area contributed by atoms with Crippen LogP contribution in [0.25, 0.3) is 0 Å². The summed E-state index contributed by atoms with van der Waals surface area (Å²) in [5.41, 5.74) is 6.31. The number of aliphatic hydroxyl groups excluding tert-OH is 1. The molecule has 0 fully saturated rings. The van der Waals surface area contributed by atoms with Gasteiger partial charge in [0.1, 0.15) is 0 Å². The van der Waals surface area contributed by atoms with Gasteiger partial charge in [0.05, 0.1) is 11.1 Å². The zero-order valence-corrected chi connectivity index (χ0v) is 10.2. The summed E-state index contributed by atoms with van der Waals surface area (Å²) in [7, 11) is 0. The van der Waals surface area contributed by atoms with Gasteiger partial charge in [-0.15, -0.1) is 0 Å². The summed E-state index contributed by atoms with van der Waals surface area (Å²) in [6.45, 7) is 2.37. The minimum Gasteiger partial charge on any atom is -0.388 e. The SMILES string of the molecule is CC(CN)C(O)c1ccc(Cl)c(Br)c1. The van der Waals surface area contributed by atoms with E-state index in [0.717, 1.165) is 10.0 Å². The second kappa shape index (κ2) is 5.12. The Morgan fingerprint density at radius 2 is 2.21 bits per heavy atom. The van der Waals surface area contributed by atoms with Crippen molar-refractivity contribution < 1.29 is 5.11 Å². The second-order valence-corrected chi connectivity index (χ2v) is 4.59. The van der Waals surface area contributed by atoms with Crippen molar-refractivity contribution in [3.05, 3.63) is 33.3 Å². The van der Waals surface area contributed by atoms with Crippen LogP contribution < -0.4 is 5.73 Å². The average molecular weight is 279 g/mol. The maximum atomic E-state index is 9.86. The maximum absolute atomic E-state index is 9.86. The molecule has 14 heavy (non-hydrogen) atoms. The van der Waals surface area contributed by atoms with E-state index in [2.05, 4.69) is 15.9 Å². The summed E-state index contributed by atoms with van der Waals surface area (Å²) in [5, 5.41) is 10.5. The highest BCUT2D eigenvalue weighted by molar-refractivity contribution is 9.10. The van der Waals surface area contributed by atoms with Crippen LogP contribution in [0, 0.1) is 5.92 Å². The Labute approximate surface area is 97.2 Å². The summed E-state index contributed by atoms with van der Waals surface area (Å²) in [5.74, 6) is 0.0445. The van der Waals surface area contributed by atoms with Crippen LogP contribution >= 0.6 is 27.5 Å². The van der Waals surface area contributed by atoms with Gasteiger partial charge in [-0.1, -0.05) is 24.6 Å². The van der Waals surface area contributed by atoms with Crippen LogP contribution in [0.4, 0.5) is 0 Å². The van der Waals surface area contributed by atoms with Crippen molar-refractivity contribution in [2.75, 3.05) is 6.54 Å².